The first-order chi connectivity index (χ1) is 9.66. The number of benzene rings is 2. The average Bonchev–Trinajstić information content (AvgIpc) is 2.73. The summed E-state index contributed by atoms with van der Waals surface area (Å²) in [7, 11) is -3.00. The molecule has 1 N–H and O–H groups in total. The van der Waals surface area contributed by atoms with Crippen LogP contribution in [0.15, 0.2) is 50.6 Å². The molecular formula is C12H7ClO6S2. The molecule has 0 bridgehead atoms. The van der Waals surface area contributed by atoms with Gasteiger partial charge in [-0.15, -0.1) is 0 Å². The fourth-order valence-electron chi connectivity index (χ4n) is 2.05. The van der Waals surface area contributed by atoms with E-state index in [0.29, 0.717) is 21.9 Å². The van der Waals surface area contributed by atoms with Crippen LogP contribution in [0.4, 0.5) is 0 Å². The first kappa shape index (κ1) is 14.3. The lowest BCUT2D eigenvalue weighted by Gasteiger charge is -1.97. The summed E-state index contributed by atoms with van der Waals surface area (Å²) < 4.78 is 59.6. The van der Waals surface area contributed by atoms with E-state index >= 15 is 0 Å². The van der Waals surface area contributed by atoms with E-state index in [1.165, 1.54) is 36.4 Å². The second-order valence-electron chi connectivity index (χ2n) is 4.33. The van der Waals surface area contributed by atoms with E-state index in [0.717, 1.165) is 0 Å². The molecule has 0 radical (unpaired) electrons. The van der Waals surface area contributed by atoms with Crippen molar-refractivity contribution in [1.29, 1.82) is 0 Å². The predicted molar refractivity (Wildman–Crippen MR) is 76.6 cm³/mol. The fourth-order valence-corrected chi connectivity index (χ4v) is 3.33. The van der Waals surface area contributed by atoms with Gasteiger partial charge >= 0.3 is 0 Å². The average molecular weight is 347 g/mol. The van der Waals surface area contributed by atoms with Crippen molar-refractivity contribution in [3.63, 3.8) is 0 Å². The van der Waals surface area contributed by atoms with Crippen molar-refractivity contribution in [2.24, 2.45) is 0 Å². The van der Waals surface area contributed by atoms with Crippen molar-refractivity contribution in [3.05, 3.63) is 36.4 Å². The number of furan rings is 1. The van der Waals surface area contributed by atoms with Crippen LogP contribution in [0.5, 0.6) is 0 Å². The Morgan fingerprint density at radius 1 is 0.857 bits per heavy atom. The summed E-state index contributed by atoms with van der Waals surface area (Å²) in [6.07, 6.45) is 0. The van der Waals surface area contributed by atoms with Gasteiger partial charge in [0.25, 0.3) is 19.2 Å². The Morgan fingerprint density at radius 2 is 1.33 bits per heavy atom. The van der Waals surface area contributed by atoms with Gasteiger partial charge in [-0.3, -0.25) is 4.55 Å². The number of hydrogen-bond donors (Lipinski definition) is 1. The van der Waals surface area contributed by atoms with Crippen LogP contribution in [0.2, 0.25) is 0 Å². The van der Waals surface area contributed by atoms with Crippen molar-refractivity contribution in [1.82, 2.24) is 0 Å². The van der Waals surface area contributed by atoms with Gasteiger partial charge < -0.3 is 4.42 Å². The Balaban J connectivity index is 2.42. The number of fused-ring (bicyclic) bond motifs is 3. The van der Waals surface area contributed by atoms with Crippen molar-refractivity contribution in [3.8, 4) is 0 Å². The second kappa shape index (κ2) is 4.44. The zero-order valence-electron chi connectivity index (χ0n) is 10.1. The van der Waals surface area contributed by atoms with E-state index in [-0.39, 0.29) is 9.79 Å². The molecule has 21 heavy (non-hydrogen) atoms. The molecule has 0 saturated heterocycles. The van der Waals surface area contributed by atoms with E-state index in [2.05, 4.69) is 0 Å². The van der Waals surface area contributed by atoms with Gasteiger partial charge in [0.15, 0.2) is 0 Å². The molecule has 110 valence electrons. The molecule has 0 atom stereocenters. The molecular weight excluding hydrogens is 340 g/mol. The van der Waals surface area contributed by atoms with Crippen LogP contribution in [0.25, 0.3) is 21.9 Å². The Bertz CT molecular complexity index is 993. The van der Waals surface area contributed by atoms with Crippen molar-refractivity contribution in [2.45, 2.75) is 9.79 Å². The van der Waals surface area contributed by atoms with Crippen LogP contribution in [0.3, 0.4) is 0 Å². The zero-order chi connectivity index (χ0) is 15.4. The van der Waals surface area contributed by atoms with Crippen molar-refractivity contribution >= 4 is 51.8 Å². The monoisotopic (exact) mass is 346 g/mol. The Hall–Kier alpha value is -1.61. The highest BCUT2D eigenvalue weighted by Crippen LogP contribution is 2.32. The minimum atomic E-state index is -4.37. The number of rotatable bonds is 2. The van der Waals surface area contributed by atoms with E-state index in [4.69, 9.17) is 19.7 Å². The molecule has 0 saturated carbocycles. The first-order valence-electron chi connectivity index (χ1n) is 5.55. The van der Waals surface area contributed by atoms with Crippen LogP contribution < -0.4 is 0 Å². The molecule has 0 unspecified atom stereocenters. The van der Waals surface area contributed by atoms with E-state index in [1.807, 2.05) is 0 Å². The fraction of sp³-hybridized carbons (Fsp3) is 0. The van der Waals surface area contributed by atoms with E-state index < -0.39 is 19.2 Å². The topological polar surface area (TPSA) is 102 Å². The third-order valence-electron chi connectivity index (χ3n) is 2.99. The molecule has 0 fully saturated rings. The maximum absolute atomic E-state index is 11.4. The molecule has 2 aromatic carbocycles. The summed E-state index contributed by atoms with van der Waals surface area (Å²) in [6.45, 7) is 0. The van der Waals surface area contributed by atoms with Gasteiger partial charge in [-0.05, 0) is 36.4 Å². The molecule has 0 aliphatic heterocycles. The van der Waals surface area contributed by atoms with Crippen LogP contribution in [-0.4, -0.2) is 21.4 Å². The molecule has 1 heterocycles. The molecule has 3 aromatic rings. The van der Waals surface area contributed by atoms with E-state index in [1.54, 1.807) is 0 Å². The Kier molecular flexibility index (Phi) is 3.03. The van der Waals surface area contributed by atoms with Crippen molar-refractivity contribution < 1.29 is 25.8 Å². The van der Waals surface area contributed by atoms with Crippen LogP contribution in [-0.2, 0) is 19.2 Å². The van der Waals surface area contributed by atoms with Crippen LogP contribution in [0.1, 0.15) is 0 Å². The molecule has 0 aliphatic rings. The molecule has 0 aliphatic carbocycles. The minimum Gasteiger partial charge on any atom is -0.456 e. The lowest BCUT2D eigenvalue weighted by Crippen LogP contribution is -1.96. The summed E-state index contributed by atoms with van der Waals surface area (Å²) in [5.74, 6) is 0. The van der Waals surface area contributed by atoms with Crippen LogP contribution in [0, 0.1) is 0 Å². The van der Waals surface area contributed by atoms with Crippen LogP contribution >= 0.6 is 10.7 Å². The molecule has 1 aromatic heterocycles. The lowest BCUT2D eigenvalue weighted by atomic mass is 10.1. The zero-order valence-corrected chi connectivity index (χ0v) is 12.5. The molecule has 9 heteroatoms. The predicted octanol–water partition coefficient (Wildman–Crippen LogP) is 2.76. The maximum atomic E-state index is 11.4. The molecule has 3 rings (SSSR count). The smallest absolute Gasteiger partial charge is 0.294 e. The first-order valence-corrected chi connectivity index (χ1v) is 9.30. The number of halogens is 1. The third kappa shape index (κ3) is 2.51. The quantitative estimate of drug-likeness (QED) is 0.565. The van der Waals surface area contributed by atoms with Crippen molar-refractivity contribution in [2.75, 3.05) is 0 Å². The minimum absolute atomic E-state index is 0.128. The van der Waals surface area contributed by atoms with Gasteiger partial charge in [0, 0.05) is 21.5 Å². The molecule has 0 amide bonds. The summed E-state index contributed by atoms with van der Waals surface area (Å²) in [6, 6.07) is 7.79. The van der Waals surface area contributed by atoms with Gasteiger partial charge in [0.05, 0.1) is 9.79 Å². The van der Waals surface area contributed by atoms with Gasteiger partial charge in [-0.1, -0.05) is 0 Å². The van der Waals surface area contributed by atoms with Gasteiger partial charge in [-0.25, -0.2) is 8.42 Å². The summed E-state index contributed by atoms with van der Waals surface area (Å²) in [5.41, 5.74) is 0.739. The highest BCUT2D eigenvalue weighted by molar-refractivity contribution is 8.13. The highest BCUT2D eigenvalue weighted by atomic mass is 35.7. The normalized spacial score (nSPS) is 13.0. The maximum Gasteiger partial charge on any atom is 0.294 e. The number of hydrogen-bond acceptors (Lipinski definition) is 5. The summed E-state index contributed by atoms with van der Waals surface area (Å²) >= 11 is 0. The highest BCUT2D eigenvalue weighted by Gasteiger charge is 2.16. The Morgan fingerprint density at radius 3 is 1.81 bits per heavy atom. The van der Waals surface area contributed by atoms with Gasteiger partial charge in [0.2, 0.25) is 0 Å². The standard InChI is InChI=1S/C12H7ClO6S2/c13-20(14,15)7-1-3-11-9(5-7)10-6-8(21(16,17)18)2-4-12(10)19-11/h1-6H,(H,16,17,18). The second-order valence-corrected chi connectivity index (χ2v) is 8.32. The SMILES string of the molecule is O=S(=O)(O)c1ccc2oc3ccc(S(=O)(=O)Cl)cc3c2c1. The molecule has 0 spiro atoms. The van der Waals surface area contributed by atoms with E-state index in [9.17, 15) is 16.8 Å². The lowest BCUT2D eigenvalue weighted by molar-refractivity contribution is 0.483. The van der Waals surface area contributed by atoms with Gasteiger partial charge in [0.1, 0.15) is 11.2 Å². The molecule has 6 nitrogen and oxygen atoms in total. The summed E-state index contributed by atoms with van der Waals surface area (Å²) in [4.78, 5) is -0.437. The Labute approximate surface area is 124 Å². The third-order valence-corrected chi connectivity index (χ3v) is 5.19. The summed E-state index contributed by atoms with van der Waals surface area (Å²) in [5, 5.41) is 0.750. The largest absolute Gasteiger partial charge is 0.456 e. The van der Waals surface area contributed by atoms with Gasteiger partial charge in [-0.2, -0.15) is 8.42 Å².